The van der Waals surface area contributed by atoms with Gasteiger partial charge < -0.3 is 19.7 Å². The van der Waals surface area contributed by atoms with Crippen LogP contribution in [0.25, 0.3) is 0 Å². The van der Waals surface area contributed by atoms with E-state index in [1.54, 1.807) is 0 Å². The summed E-state index contributed by atoms with van der Waals surface area (Å²) < 4.78 is 11.5. The first-order valence-corrected chi connectivity index (χ1v) is 8.63. The van der Waals surface area contributed by atoms with E-state index in [2.05, 4.69) is 17.5 Å². The number of urea groups is 1. The van der Waals surface area contributed by atoms with Crippen molar-refractivity contribution < 1.29 is 14.3 Å². The van der Waals surface area contributed by atoms with Gasteiger partial charge in [0, 0.05) is 25.6 Å². The van der Waals surface area contributed by atoms with Crippen molar-refractivity contribution in [1.29, 1.82) is 0 Å². The Morgan fingerprint density at radius 3 is 2.86 bits per heavy atom. The van der Waals surface area contributed by atoms with Crippen LogP contribution in [0, 0.1) is 11.8 Å². The number of hydrogen-bond donors (Lipinski definition) is 1. The van der Waals surface area contributed by atoms with Crippen molar-refractivity contribution in [2.24, 2.45) is 11.8 Å². The molecule has 5 nitrogen and oxygen atoms in total. The highest BCUT2D eigenvalue weighted by atomic mass is 16.7. The second-order valence-corrected chi connectivity index (χ2v) is 6.83. The third kappa shape index (κ3) is 3.63. The van der Waals surface area contributed by atoms with E-state index in [9.17, 15) is 4.79 Å². The Bertz CT molecular complexity index is 418. The Morgan fingerprint density at radius 2 is 2.14 bits per heavy atom. The van der Waals surface area contributed by atoms with Crippen LogP contribution in [-0.2, 0) is 9.47 Å². The molecule has 22 heavy (non-hydrogen) atoms. The number of nitrogens with zero attached hydrogens (tertiary/aromatic N) is 1. The van der Waals surface area contributed by atoms with Crippen molar-refractivity contribution in [3.05, 3.63) is 12.2 Å². The third-order valence-corrected chi connectivity index (χ3v) is 5.23. The lowest BCUT2D eigenvalue weighted by atomic mass is 9.90. The minimum Gasteiger partial charge on any atom is -0.347 e. The first-order valence-electron chi connectivity index (χ1n) is 8.63. The first kappa shape index (κ1) is 15.8. The van der Waals surface area contributed by atoms with Gasteiger partial charge in [0.2, 0.25) is 0 Å². The summed E-state index contributed by atoms with van der Waals surface area (Å²) in [4.78, 5) is 14.4. The predicted octanol–water partition coefficient (Wildman–Crippen LogP) is 2.53. The average Bonchev–Trinajstić information content (AvgIpc) is 3.02. The number of nitrogens with one attached hydrogen (secondary N) is 1. The van der Waals surface area contributed by atoms with E-state index >= 15 is 0 Å². The number of piperidine rings is 1. The van der Waals surface area contributed by atoms with Crippen molar-refractivity contribution in [2.75, 3.05) is 32.8 Å². The molecule has 124 valence electrons. The summed E-state index contributed by atoms with van der Waals surface area (Å²) in [6.07, 6.45) is 9.95. The molecule has 3 rings (SSSR count). The molecule has 2 amide bonds. The first-order chi connectivity index (χ1) is 10.7. The van der Waals surface area contributed by atoms with Crippen molar-refractivity contribution in [1.82, 2.24) is 10.2 Å². The van der Waals surface area contributed by atoms with Gasteiger partial charge in [-0.15, -0.1) is 0 Å². The van der Waals surface area contributed by atoms with Crippen LogP contribution in [0.5, 0.6) is 0 Å². The van der Waals surface area contributed by atoms with Crippen LogP contribution in [-0.4, -0.2) is 49.6 Å². The second-order valence-electron chi connectivity index (χ2n) is 6.83. The number of ether oxygens (including phenoxy) is 2. The topological polar surface area (TPSA) is 50.8 Å². The molecule has 2 saturated heterocycles. The second kappa shape index (κ2) is 7.01. The fraction of sp³-hybridized carbons (Fsp3) is 0.824. The van der Waals surface area contributed by atoms with E-state index < -0.39 is 5.79 Å². The molecular formula is C17H28N2O3. The van der Waals surface area contributed by atoms with Crippen LogP contribution in [0.3, 0.4) is 0 Å². The van der Waals surface area contributed by atoms with E-state index in [0.717, 1.165) is 45.3 Å². The smallest absolute Gasteiger partial charge is 0.317 e. The van der Waals surface area contributed by atoms with Crippen LogP contribution < -0.4 is 5.32 Å². The largest absolute Gasteiger partial charge is 0.347 e. The Hall–Kier alpha value is -1.07. The van der Waals surface area contributed by atoms with Gasteiger partial charge in [-0.25, -0.2) is 4.79 Å². The molecule has 0 saturated carbocycles. The molecule has 0 bridgehead atoms. The van der Waals surface area contributed by atoms with E-state index in [1.165, 1.54) is 6.42 Å². The molecule has 3 aliphatic rings. The van der Waals surface area contributed by atoms with Crippen molar-refractivity contribution in [3.63, 3.8) is 0 Å². The minimum atomic E-state index is -0.507. The lowest BCUT2D eigenvalue weighted by Crippen LogP contribution is -2.51. The van der Waals surface area contributed by atoms with Crippen LogP contribution in [0.2, 0.25) is 0 Å². The maximum absolute atomic E-state index is 12.4. The van der Waals surface area contributed by atoms with Crippen LogP contribution in [0.15, 0.2) is 12.2 Å². The Kier molecular flexibility index (Phi) is 5.03. The number of rotatable bonds is 3. The van der Waals surface area contributed by atoms with Gasteiger partial charge in [-0.1, -0.05) is 12.2 Å². The molecule has 2 atom stereocenters. The zero-order chi connectivity index (χ0) is 15.4. The maximum Gasteiger partial charge on any atom is 0.317 e. The summed E-state index contributed by atoms with van der Waals surface area (Å²) in [5, 5.41) is 3.12. The zero-order valence-electron chi connectivity index (χ0n) is 13.6. The monoisotopic (exact) mass is 308 g/mol. The van der Waals surface area contributed by atoms with Gasteiger partial charge >= 0.3 is 6.03 Å². The summed E-state index contributed by atoms with van der Waals surface area (Å²) in [5.74, 6) is 0.355. The zero-order valence-corrected chi connectivity index (χ0v) is 13.6. The highest BCUT2D eigenvalue weighted by Crippen LogP contribution is 2.34. The van der Waals surface area contributed by atoms with Crippen LogP contribution >= 0.6 is 0 Å². The van der Waals surface area contributed by atoms with Crippen LogP contribution in [0.4, 0.5) is 4.79 Å². The van der Waals surface area contributed by atoms with Gasteiger partial charge in [0.25, 0.3) is 0 Å². The standard InChI is InChI=1S/C17H28N2O3/c1-17(21-10-11-22-17)15-8-5-9-19(13-15)16(20)18-12-14-6-3-2-4-7-14/h2-3,14-15H,4-13H2,1H3,(H,18,20)/t14-,15-/m0/s1. The number of carbonyl (C=O) groups is 1. The minimum absolute atomic E-state index is 0.0702. The molecule has 0 aromatic heterocycles. The Labute approximate surface area is 133 Å². The van der Waals surface area contributed by atoms with E-state index in [1.807, 2.05) is 11.8 Å². The molecule has 1 aliphatic carbocycles. The molecule has 5 heteroatoms. The molecule has 2 aliphatic heterocycles. The summed E-state index contributed by atoms with van der Waals surface area (Å²) in [6, 6.07) is 0.0702. The summed E-state index contributed by atoms with van der Waals surface area (Å²) in [5.41, 5.74) is 0. The van der Waals surface area contributed by atoms with Crippen LogP contribution in [0.1, 0.15) is 39.0 Å². The molecule has 0 spiro atoms. The van der Waals surface area contributed by atoms with Gasteiger partial charge in [0.05, 0.1) is 13.2 Å². The number of amides is 2. The maximum atomic E-state index is 12.4. The highest BCUT2D eigenvalue weighted by molar-refractivity contribution is 5.74. The SMILES string of the molecule is CC1([C@H]2CCCN(C(=O)NC[C@H]3CC=CCC3)C2)OCCO1. The number of allylic oxidation sites excluding steroid dienone is 2. The van der Waals surface area contributed by atoms with E-state index in [-0.39, 0.29) is 11.9 Å². The van der Waals surface area contributed by atoms with Crippen molar-refractivity contribution in [2.45, 2.75) is 44.8 Å². The fourth-order valence-corrected chi connectivity index (χ4v) is 3.74. The lowest BCUT2D eigenvalue weighted by molar-refractivity contribution is -0.189. The highest BCUT2D eigenvalue weighted by Gasteiger charge is 2.42. The number of hydrogen-bond acceptors (Lipinski definition) is 3. The average molecular weight is 308 g/mol. The van der Waals surface area contributed by atoms with Gasteiger partial charge in [0.15, 0.2) is 5.79 Å². The molecule has 0 unspecified atom stereocenters. The van der Waals surface area contributed by atoms with Gasteiger partial charge in [-0.05, 0) is 44.9 Å². The lowest BCUT2D eigenvalue weighted by Gasteiger charge is -2.40. The molecule has 0 radical (unpaired) electrons. The van der Waals surface area contributed by atoms with Gasteiger partial charge in [0.1, 0.15) is 0 Å². The van der Waals surface area contributed by atoms with Crippen molar-refractivity contribution in [3.8, 4) is 0 Å². The number of likely N-dealkylation sites (tertiary alicyclic amines) is 1. The fourth-order valence-electron chi connectivity index (χ4n) is 3.74. The van der Waals surface area contributed by atoms with E-state index in [4.69, 9.17) is 9.47 Å². The normalized spacial score (nSPS) is 31.2. The Morgan fingerprint density at radius 1 is 1.32 bits per heavy atom. The predicted molar refractivity (Wildman–Crippen MR) is 84.5 cm³/mol. The molecule has 1 N–H and O–H groups in total. The third-order valence-electron chi connectivity index (χ3n) is 5.23. The van der Waals surface area contributed by atoms with Gasteiger partial charge in [-0.2, -0.15) is 0 Å². The van der Waals surface area contributed by atoms with Gasteiger partial charge in [-0.3, -0.25) is 0 Å². The summed E-state index contributed by atoms with van der Waals surface area (Å²) >= 11 is 0. The molecule has 0 aromatic rings. The molecule has 0 aromatic carbocycles. The van der Waals surface area contributed by atoms with E-state index in [0.29, 0.717) is 19.1 Å². The Balaban J connectivity index is 1.48. The van der Waals surface area contributed by atoms with Crippen molar-refractivity contribution >= 4 is 6.03 Å². The number of carbonyl (C=O) groups excluding carboxylic acids is 1. The molecular weight excluding hydrogens is 280 g/mol. The quantitative estimate of drug-likeness (QED) is 0.815. The molecule has 2 heterocycles. The summed E-state index contributed by atoms with van der Waals surface area (Å²) in [7, 11) is 0. The summed E-state index contributed by atoms with van der Waals surface area (Å²) in [6.45, 7) is 5.69. The molecule has 2 fully saturated rings.